The summed E-state index contributed by atoms with van der Waals surface area (Å²) in [6.45, 7) is 2.63. The number of allylic oxidation sites excluding steroid dienone is 11. The SMILES string of the molecule is CC/C=C\C/C=C\C/C=C\C/C=C\CCCCCCC(=O)NC(COC1OC(CO)C(OC2OC(CO)C(O)C(O)C2O)C(O)C1O)C(O)/C=C/CC/C=C/CCCCCCCCCCCCCC. The Morgan fingerprint density at radius 2 is 1.01 bits per heavy atom. The zero-order valence-corrected chi connectivity index (χ0v) is 42.3. The van der Waals surface area contributed by atoms with Crippen LogP contribution in [0.4, 0.5) is 0 Å². The lowest BCUT2D eigenvalue weighted by Crippen LogP contribution is -2.65. The second-order valence-electron chi connectivity index (χ2n) is 18.6. The molecule has 12 unspecified atom stereocenters. The van der Waals surface area contributed by atoms with Crippen molar-refractivity contribution in [3.05, 3.63) is 72.9 Å². The van der Waals surface area contributed by atoms with E-state index in [0.717, 1.165) is 64.2 Å². The van der Waals surface area contributed by atoms with Crippen LogP contribution >= 0.6 is 0 Å². The smallest absolute Gasteiger partial charge is 0.220 e. The van der Waals surface area contributed by atoms with Gasteiger partial charge in [-0.3, -0.25) is 4.79 Å². The topological polar surface area (TPSA) is 228 Å². The third kappa shape index (κ3) is 27.7. The Labute approximate surface area is 415 Å². The summed E-state index contributed by atoms with van der Waals surface area (Å²) in [6, 6.07) is -0.947. The highest BCUT2D eigenvalue weighted by molar-refractivity contribution is 5.76. The van der Waals surface area contributed by atoms with Gasteiger partial charge < -0.3 is 65.1 Å². The monoisotopic (exact) mass is 978 g/mol. The fourth-order valence-corrected chi connectivity index (χ4v) is 8.30. The molecule has 14 nitrogen and oxygen atoms in total. The van der Waals surface area contributed by atoms with E-state index in [2.05, 4.69) is 79.9 Å². The van der Waals surface area contributed by atoms with E-state index in [9.17, 15) is 45.6 Å². The first-order valence-electron chi connectivity index (χ1n) is 26.7. The Morgan fingerprint density at radius 1 is 0.536 bits per heavy atom. The van der Waals surface area contributed by atoms with Crippen molar-refractivity contribution in [1.82, 2.24) is 5.32 Å². The number of aliphatic hydroxyl groups is 8. The third-order valence-electron chi connectivity index (χ3n) is 12.6. The Morgan fingerprint density at radius 3 is 1.59 bits per heavy atom. The predicted molar refractivity (Wildman–Crippen MR) is 272 cm³/mol. The van der Waals surface area contributed by atoms with Crippen molar-refractivity contribution in [2.24, 2.45) is 0 Å². The fraction of sp³-hybridized carbons (Fsp3) is 0.764. The molecule has 398 valence electrons. The van der Waals surface area contributed by atoms with Crippen molar-refractivity contribution in [3.8, 4) is 0 Å². The van der Waals surface area contributed by atoms with Gasteiger partial charge in [-0.05, 0) is 70.6 Å². The first kappa shape index (κ1) is 62.5. The van der Waals surface area contributed by atoms with E-state index in [0.29, 0.717) is 12.8 Å². The highest BCUT2D eigenvalue weighted by Crippen LogP contribution is 2.30. The Balaban J connectivity index is 1.86. The van der Waals surface area contributed by atoms with E-state index < -0.39 is 86.8 Å². The minimum atomic E-state index is -1.80. The van der Waals surface area contributed by atoms with Gasteiger partial charge in [0.1, 0.15) is 48.8 Å². The second kappa shape index (κ2) is 41.0. The third-order valence-corrected chi connectivity index (χ3v) is 12.6. The van der Waals surface area contributed by atoms with Crippen molar-refractivity contribution in [2.45, 2.75) is 248 Å². The van der Waals surface area contributed by atoms with Gasteiger partial charge >= 0.3 is 0 Å². The van der Waals surface area contributed by atoms with Crippen LogP contribution in [0.5, 0.6) is 0 Å². The Bertz CT molecular complexity index is 1430. The fourth-order valence-electron chi connectivity index (χ4n) is 8.30. The summed E-state index contributed by atoms with van der Waals surface area (Å²) < 4.78 is 22.7. The van der Waals surface area contributed by atoms with Crippen LogP contribution in [0.3, 0.4) is 0 Å². The van der Waals surface area contributed by atoms with E-state index in [-0.39, 0.29) is 18.9 Å². The molecule has 1 amide bonds. The molecule has 2 rings (SSSR count). The number of amides is 1. The molecule has 0 aromatic rings. The molecule has 0 saturated carbocycles. The summed E-state index contributed by atoms with van der Waals surface area (Å²) >= 11 is 0. The molecule has 2 heterocycles. The molecule has 2 aliphatic heterocycles. The number of unbranched alkanes of at least 4 members (excludes halogenated alkanes) is 17. The lowest BCUT2D eigenvalue weighted by molar-refractivity contribution is -0.359. The lowest BCUT2D eigenvalue weighted by Gasteiger charge is -2.46. The van der Waals surface area contributed by atoms with Gasteiger partial charge in [0.15, 0.2) is 12.6 Å². The van der Waals surface area contributed by atoms with Gasteiger partial charge in [-0.1, -0.05) is 170 Å². The van der Waals surface area contributed by atoms with Crippen molar-refractivity contribution in [2.75, 3.05) is 19.8 Å². The second-order valence-corrected chi connectivity index (χ2v) is 18.6. The lowest BCUT2D eigenvalue weighted by atomic mass is 9.97. The van der Waals surface area contributed by atoms with Crippen LogP contribution in [0.2, 0.25) is 0 Å². The first-order valence-corrected chi connectivity index (χ1v) is 26.7. The maximum Gasteiger partial charge on any atom is 0.220 e. The van der Waals surface area contributed by atoms with Gasteiger partial charge in [-0.25, -0.2) is 0 Å². The summed E-state index contributed by atoms with van der Waals surface area (Å²) in [5.74, 6) is -0.276. The predicted octanol–water partition coefficient (Wildman–Crippen LogP) is 7.60. The van der Waals surface area contributed by atoms with E-state index in [1.807, 2.05) is 6.08 Å². The van der Waals surface area contributed by atoms with Crippen molar-refractivity contribution in [3.63, 3.8) is 0 Å². The van der Waals surface area contributed by atoms with Crippen molar-refractivity contribution >= 4 is 5.91 Å². The molecule has 2 saturated heterocycles. The largest absolute Gasteiger partial charge is 0.394 e. The molecule has 0 radical (unpaired) electrons. The van der Waals surface area contributed by atoms with Crippen LogP contribution < -0.4 is 5.32 Å². The van der Waals surface area contributed by atoms with E-state index in [1.165, 1.54) is 77.0 Å². The quantitative estimate of drug-likeness (QED) is 0.0213. The number of hydrogen-bond acceptors (Lipinski definition) is 13. The molecule has 12 atom stereocenters. The highest BCUT2D eigenvalue weighted by Gasteiger charge is 2.51. The first-order chi connectivity index (χ1) is 33.6. The number of ether oxygens (including phenoxy) is 4. The summed E-state index contributed by atoms with van der Waals surface area (Å²) in [5.41, 5.74) is 0. The molecule has 0 aromatic carbocycles. The maximum absolute atomic E-state index is 13.2. The normalized spacial score (nSPS) is 26.8. The van der Waals surface area contributed by atoms with E-state index in [1.54, 1.807) is 6.08 Å². The Hall–Kier alpha value is -2.57. The van der Waals surface area contributed by atoms with Gasteiger partial charge in [-0.15, -0.1) is 0 Å². The van der Waals surface area contributed by atoms with Gasteiger partial charge in [-0.2, -0.15) is 0 Å². The van der Waals surface area contributed by atoms with Crippen LogP contribution in [-0.4, -0.2) is 140 Å². The number of carbonyl (C=O) groups excluding carboxylic acids is 1. The number of aliphatic hydroxyl groups excluding tert-OH is 8. The maximum atomic E-state index is 13.2. The molecule has 2 aliphatic rings. The number of nitrogens with one attached hydrogen (secondary N) is 1. The molecule has 14 heteroatoms. The molecule has 9 N–H and O–H groups in total. The summed E-state index contributed by atoms with van der Waals surface area (Å²) in [6.07, 6.45) is 35.1. The van der Waals surface area contributed by atoms with E-state index >= 15 is 0 Å². The van der Waals surface area contributed by atoms with Crippen LogP contribution in [0.25, 0.3) is 0 Å². The molecular weight excluding hydrogens is 883 g/mol. The number of carbonyl (C=O) groups is 1. The van der Waals surface area contributed by atoms with Crippen LogP contribution in [-0.2, 0) is 23.7 Å². The molecule has 2 fully saturated rings. The molecular formula is C55H95NO13. The molecule has 69 heavy (non-hydrogen) atoms. The number of hydrogen-bond donors (Lipinski definition) is 9. The standard InChI is InChI=1S/C55H95NO13/c1-3-5-7-9-11-13-15-17-19-21-23-24-26-28-30-32-34-36-38-44(59)43(56-47(60)39-37-35-33-31-29-27-25-22-20-18-16-14-12-10-8-6-4-2)42-66-54-52(65)50(63)53(46(41-58)68-54)69-55-51(64)49(62)48(61)45(40-57)67-55/h6,8,12,14,18,20,25,27-28,30,36,38,43-46,48-55,57-59,61-65H,3-5,7,9-11,13,15-17,19,21-24,26,29,31-35,37,39-42H2,1-2H3,(H,56,60)/b8-6-,14-12-,20-18-,27-25-,30-28+,38-36+. The summed E-state index contributed by atoms with van der Waals surface area (Å²) in [5, 5.41) is 86.8. The van der Waals surface area contributed by atoms with Crippen LogP contribution in [0, 0.1) is 0 Å². The molecule has 0 spiro atoms. The molecule has 0 bridgehead atoms. The van der Waals surface area contributed by atoms with Crippen molar-refractivity contribution < 1.29 is 64.6 Å². The zero-order chi connectivity index (χ0) is 50.3. The average molecular weight is 978 g/mol. The Kier molecular flexibility index (Phi) is 37.1. The highest BCUT2D eigenvalue weighted by atomic mass is 16.7. The van der Waals surface area contributed by atoms with Crippen molar-refractivity contribution in [1.29, 1.82) is 0 Å². The zero-order valence-electron chi connectivity index (χ0n) is 42.3. The van der Waals surface area contributed by atoms with Gasteiger partial charge in [0.05, 0.1) is 32.0 Å². The summed E-state index contributed by atoms with van der Waals surface area (Å²) in [4.78, 5) is 13.2. The van der Waals surface area contributed by atoms with Crippen LogP contribution in [0.15, 0.2) is 72.9 Å². The average Bonchev–Trinajstić information content (AvgIpc) is 3.35. The molecule has 0 aliphatic carbocycles. The van der Waals surface area contributed by atoms with Gasteiger partial charge in [0.25, 0.3) is 0 Å². The van der Waals surface area contributed by atoms with E-state index in [4.69, 9.17) is 18.9 Å². The molecule has 0 aromatic heterocycles. The minimum absolute atomic E-state index is 0.242. The minimum Gasteiger partial charge on any atom is -0.394 e. The van der Waals surface area contributed by atoms with Gasteiger partial charge in [0, 0.05) is 6.42 Å². The number of rotatable bonds is 40. The van der Waals surface area contributed by atoms with Gasteiger partial charge in [0.2, 0.25) is 5.91 Å². The summed E-state index contributed by atoms with van der Waals surface area (Å²) in [7, 11) is 0. The van der Waals surface area contributed by atoms with Crippen LogP contribution in [0.1, 0.15) is 174 Å².